The molecule has 0 bridgehead atoms. The van der Waals surface area contributed by atoms with Crippen LogP contribution in [0.5, 0.6) is 23.0 Å². The molecule has 0 heterocycles. The number of halogens is 12. The Hall–Kier alpha value is -2.99. The first kappa shape index (κ1) is 32.0. The quantitative estimate of drug-likeness (QED) is 0.319. The Labute approximate surface area is 199 Å². The third-order valence-corrected chi connectivity index (χ3v) is 4.47. The van der Waals surface area contributed by atoms with Crippen LogP contribution in [0.15, 0.2) is 6.07 Å². The molecule has 0 aliphatic heterocycles. The number of carbonyl (C=O) groups is 1. The molecule has 0 aliphatic carbocycles. The first-order valence-corrected chi connectivity index (χ1v) is 9.70. The number of nitrogens with two attached hydrogens (primary N) is 1. The van der Waals surface area contributed by atoms with Crippen molar-refractivity contribution in [3.05, 3.63) is 11.6 Å². The Morgan fingerprint density at radius 1 is 0.811 bits per heavy atom. The highest BCUT2D eigenvalue weighted by atomic mass is 19.4. The van der Waals surface area contributed by atoms with Crippen LogP contribution < -0.4 is 24.7 Å². The average molecular weight is 571 g/mol. The van der Waals surface area contributed by atoms with Crippen molar-refractivity contribution in [1.29, 1.82) is 0 Å². The molecule has 1 aromatic carbocycles. The number of ether oxygens (including phenoxy) is 4. The van der Waals surface area contributed by atoms with Crippen molar-refractivity contribution >= 4 is 5.97 Å². The van der Waals surface area contributed by atoms with Crippen molar-refractivity contribution in [2.45, 2.75) is 51.6 Å². The molecule has 0 fully saturated rings. The van der Waals surface area contributed by atoms with Crippen molar-refractivity contribution in [3.63, 3.8) is 0 Å². The molecule has 0 saturated carbocycles. The van der Waals surface area contributed by atoms with Gasteiger partial charge in [0.05, 0.1) is 5.92 Å². The zero-order valence-electron chi connectivity index (χ0n) is 18.2. The largest absolute Gasteiger partial charge is 0.573 e. The maximum Gasteiger partial charge on any atom is 0.573 e. The molecule has 214 valence electrons. The monoisotopic (exact) mass is 571 g/mol. The van der Waals surface area contributed by atoms with Gasteiger partial charge in [-0.05, 0) is 18.8 Å². The highest BCUT2D eigenvalue weighted by Gasteiger charge is 2.44. The van der Waals surface area contributed by atoms with Gasteiger partial charge in [-0.15, -0.1) is 52.7 Å². The summed E-state index contributed by atoms with van der Waals surface area (Å²) in [6.07, 6.45) is -25.4. The summed E-state index contributed by atoms with van der Waals surface area (Å²) in [4.78, 5) is 11.2. The number of aliphatic carboxylic acids is 1. The topological polar surface area (TPSA) is 100 Å². The SMILES string of the molecule is CCC(Cc1c(OC(F)(F)F)cc(OC(F)(F)F)c(OC(F)(F)F)c1OC(F)(F)F)CC(CN)C(=O)O. The van der Waals surface area contributed by atoms with Gasteiger partial charge in [0.15, 0.2) is 11.5 Å². The lowest BCUT2D eigenvalue weighted by molar-refractivity contribution is -0.294. The van der Waals surface area contributed by atoms with Crippen LogP contribution >= 0.6 is 0 Å². The zero-order valence-corrected chi connectivity index (χ0v) is 18.2. The van der Waals surface area contributed by atoms with Crippen LogP contribution in [0.3, 0.4) is 0 Å². The number of alkyl halides is 12. The van der Waals surface area contributed by atoms with Gasteiger partial charge in [-0.1, -0.05) is 13.3 Å². The van der Waals surface area contributed by atoms with Gasteiger partial charge in [-0.2, -0.15) is 0 Å². The minimum atomic E-state index is -5.98. The van der Waals surface area contributed by atoms with Crippen LogP contribution in [0.1, 0.15) is 25.3 Å². The summed E-state index contributed by atoms with van der Waals surface area (Å²) in [5.74, 6) is -12.9. The molecule has 3 N–H and O–H groups in total. The van der Waals surface area contributed by atoms with Crippen molar-refractivity contribution in [3.8, 4) is 23.0 Å². The predicted octanol–water partition coefficient (Wildman–Crippen LogP) is 5.90. The van der Waals surface area contributed by atoms with Crippen LogP contribution in [0.4, 0.5) is 52.7 Å². The molecule has 0 aliphatic rings. The highest BCUT2D eigenvalue weighted by molar-refractivity contribution is 5.70. The first-order valence-electron chi connectivity index (χ1n) is 9.70. The maximum absolute atomic E-state index is 13.1. The summed E-state index contributed by atoms with van der Waals surface area (Å²) >= 11 is 0. The van der Waals surface area contributed by atoms with E-state index in [1.807, 2.05) is 0 Å². The van der Waals surface area contributed by atoms with E-state index in [0.717, 1.165) is 0 Å². The van der Waals surface area contributed by atoms with E-state index in [9.17, 15) is 57.5 Å². The summed E-state index contributed by atoms with van der Waals surface area (Å²) < 4.78 is 168. The molecule has 0 saturated heterocycles. The van der Waals surface area contributed by atoms with E-state index < -0.39 is 97.3 Å². The third-order valence-electron chi connectivity index (χ3n) is 4.47. The number of hydrogen-bond acceptors (Lipinski definition) is 6. The maximum atomic E-state index is 13.1. The van der Waals surface area contributed by atoms with E-state index >= 15 is 0 Å². The van der Waals surface area contributed by atoms with Gasteiger partial charge in [0.25, 0.3) is 0 Å². The zero-order chi connectivity index (χ0) is 29.0. The fourth-order valence-corrected chi connectivity index (χ4v) is 3.06. The van der Waals surface area contributed by atoms with Crippen molar-refractivity contribution in [2.24, 2.45) is 17.6 Å². The molecule has 0 amide bonds. The smallest absolute Gasteiger partial charge is 0.481 e. The number of hydrogen-bond donors (Lipinski definition) is 2. The predicted molar refractivity (Wildman–Crippen MR) is 95.5 cm³/mol. The Kier molecular flexibility index (Phi) is 10.0. The molecule has 0 aromatic heterocycles. The molecule has 1 aromatic rings. The lowest BCUT2D eigenvalue weighted by atomic mass is 9.87. The van der Waals surface area contributed by atoms with E-state index in [1.54, 1.807) is 0 Å². The van der Waals surface area contributed by atoms with Crippen LogP contribution in [0.2, 0.25) is 0 Å². The van der Waals surface area contributed by atoms with Crippen molar-refractivity contribution in [1.82, 2.24) is 0 Å². The number of carboxylic acids is 1. The van der Waals surface area contributed by atoms with Gasteiger partial charge in [-0.25, -0.2) is 0 Å². The second-order valence-corrected chi connectivity index (χ2v) is 7.19. The van der Waals surface area contributed by atoms with Gasteiger partial charge < -0.3 is 29.8 Å². The molecular formula is C18H17F12NO6. The lowest BCUT2D eigenvalue weighted by Gasteiger charge is -2.26. The van der Waals surface area contributed by atoms with Crippen molar-refractivity contribution in [2.75, 3.05) is 6.54 Å². The molecule has 7 nitrogen and oxygen atoms in total. The average Bonchev–Trinajstić information content (AvgIpc) is 2.65. The normalized spacial score (nSPS) is 14.6. The van der Waals surface area contributed by atoms with E-state index in [4.69, 9.17) is 10.8 Å². The summed E-state index contributed by atoms with van der Waals surface area (Å²) in [7, 11) is 0. The fourth-order valence-electron chi connectivity index (χ4n) is 3.06. The van der Waals surface area contributed by atoms with E-state index in [-0.39, 0.29) is 6.42 Å². The Morgan fingerprint density at radius 2 is 1.24 bits per heavy atom. The van der Waals surface area contributed by atoms with Gasteiger partial charge in [0, 0.05) is 18.2 Å². The summed E-state index contributed by atoms with van der Waals surface area (Å²) in [6, 6.07) is -0.412. The van der Waals surface area contributed by atoms with Crippen LogP contribution in [-0.2, 0) is 11.2 Å². The molecule has 2 atom stereocenters. The highest BCUT2D eigenvalue weighted by Crippen LogP contribution is 2.52. The van der Waals surface area contributed by atoms with E-state index in [1.165, 1.54) is 6.92 Å². The Bertz CT molecular complexity index is 926. The second-order valence-electron chi connectivity index (χ2n) is 7.19. The minimum Gasteiger partial charge on any atom is -0.481 e. The van der Waals surface area contributed by atoms with E-state index in [2.05, 4.69) is 18.9 Å². The Balaban J connectivity index is 3.99. The summed E-state index contributed by atoms with van der Waals surface area (Å²) in [5, 5.41) is 9.12. The summed E-state index contributed by atoms with van der Waals surface area (Å²) in [5.41, 5.74) is 3.81. The lowest BCUT2D eigenvalue weighted by Crippen LogP contribution is -2.28. The van der Waals surface area contributed by atoms with E-state index in [0.29, 0.717) is 0 Å². The minimum absolute atomic E-state index is 0.184. The van der Waals surface area contributed by atoms with Gasteiger partial charge in [0.1, 0.15) is 5.75 Å². The van der Waals surface area contributed by atoms with Crippen molar-refractivity contribution < 1.29 is 81.5 Å². The Morgan fingerprint density at radius 3 is 1.62 bits per heavy atom. The molecule has 1 rings (SSSR count). The molecule has 37 heavy (non-hydrogen) atoms. The summed E-state index contributed by atoms with van der Waals surface area (Å²) in [6.45, 7) is 0.757. The van der Waals surface area contributed by atoms with Gasteiger partial charge in [-0.3, -0.25) is 4.79 Å². The number of rotatable bonds is 11. The first-order chi connectivity index (χ1) is 16.5. The molecule has 2 unspecified atom stereocenters. The molecule has 0 spiro atoms. The second kappa shape index (κ2) is 11.6. The van der Waals surface area contributed by atoms with Crippen LogP contribution in [-0.4, -0.2) is 43.1 Å². The molecule has 0 radical (unpaired) electrons. The fraction of sp³-hybridized carbons (Fsp3) is 0.611. The van der Waals surface area contributed by atoms with Gasteiger partial charge in [0.2, 0.25) is 5.75 Å². The van der Waals surface area contributed by atoms with Gasteiger partial charge >= 0.3 is 31.4 Å². The molecule has 19 heteroatoms. The standard InChI is InChI=1S/C18H17F12NO6/c1-2-7(3-8(6-31)14(32)33)4-9-10(34-15(19,20)21)5-11(35-16(22,23)24)13(37-18(28,29)30)12(9)36-17(25,26)27/h5,7-8H,2-4,6,31H2,1H3,(H,32,33). The number of carboxylic acid groups (broad SMARTS) is 1. The van der Waals surface area contributed by atoms with Crippen LogP contribution in [0.25, 0.3) is 0 Å². The third kappa shape index (κ3) is 11.3. The van der Waals surface area contributed by atoms with Crippen LogP contribution in [0, 0.1) is 11.8 Å². The molecular weight excluding hydrogens is 554 g/mol. The number of benzene rings is 1.